The Morgan fingerprint density at radius 2 is 1.57 bits per heavy atom. The molecule has 1 rings (SSSR count). The summed E-state index contributed by atoms with van der Waals surface area (Å²) in [5.41, 5.74) is 1.67. The molecule has 0 unspecified atom stereocenters. The third kappa shape index (κ3) is 6.85. The third-order valence-corrected chi connectivity index (χ3v) is 3.06. The van der Waals surface area contributed by atoms with Crippen molar-refractivity contribution in [1.29, 1.82) is 0 Å². The fourth-order valence-electron chi connectivity index (χ4n) is 1.94. The predicted octanol–water partition coefficient (Wildman–Crippen LogP) is 4.35. The molecule has 0 bridgehead atoms. The molecule has 0 heterocycles. The van der Waals surface area contributed by atoms with Crippen molar-refractivity contribution >= 4 is 5.69 Å². The average molecular weight is 302 g/mol. The van der Waals surface area contributed by atoms with E-state index in [0.29, 0.717) is 12.2 Å². The lowest BCUT2D eigenvalue weighted by Gasteiger charge is -2.30. The number of hydrogen-bond acceptors (Lipinski definition) is 2. The number of benzene rings is 1. The highest BCUT2D eigenvalue weighted by molar-refractivity contribution is 5.48. The molecule has 2 nitrogen and oxygen atoms in total. The van der Waals surface area contributed by atoms with E-state index in [2.05, 4.69) is 26.1 Å². The molecule has 1 aromatic carbocycles. The summed E-state index contributed by atoms with van der Waals surface area (Å²) in [6.45, 7) is 9.53. The molecule has 1 N–H and O–H groups in total. The summed E-state index contributed by atoms with van der Waals surface area (Å²) in [4.78, 5) is 1.36. The van der Waals surface area contributed by atoms with Gasteiger partial charge in [-0.05, 0) is 52.3 Å². The minimum absolute atomic E-state index is 0.0128. The Hall–Kier alpha value is -1.23. The number of alkyl halides is 3. The molecule has 0 amide bonds. The monoisotopic (exact) mass is 302 g/mol. The molecule has 0 aliphatic rings. The second-order valence-electron chi connectivity index (χ2n) is 6.61. The fraction of sp³-hybridized carbons (Fsp3) is 0.625. The molecule has 120 valence electrons. The first-order valence-electron chi connectivity index (χ1n) is 7.15. The highest BCUT2D eigenvalue weighted by atomic mass is 19.4. The maximum atomic E-state index is 12.6. The van der Waals surface area contributed by atoms with Crippen molar-refractivity contribution in [3.63, 3.8) is 0 Å². The van der Waals surface area contributed by atoms with E-state index in [4.69, 9.17) is 0 Å². The van der Waals surface area contributed by atoms with Crippen molar-refractivity contribution in [1.82, 2.24) is 5.32 Å². The van der Waals surface area contributed by atoms with Gasteiger partial charge in [-0.15, -0.1) is 0 Å². The molecule has 0 fully saturated rings. The van der Waals surface area contributed by atoms with Crippen LogP contribution >= 0.6 is 0 Å². The van der Waals surface area contributed by atoms with Crippen LogP contribution in [0.3, 0.4) is 0 Å². The summed E-state index contributed by atoms with van der Waals surface area (Å²) in [7, 11) is 0. The maximum absolute atomic E-state index is 12.6. The molecular weight excluding hydrogens is 277 g/mol. The fourth-order valence-corrected chi connectivity index (χ4v) is 1.94. The lowest BCUT2D eigenvalue weighted by Crippen LogP contribution is -2.39. The summed E-state index contributed by atoms with van der Waals surface area (Å²) in [5.74, 6) is 0. The van der Waals surface area contributed by atoms with Crippen LogP contribution in [0.25, 0.3) is 0 Å². The molecule has 0 saturated heterocycles. The van der Waals surface area contributed by atoms with Crippen LogP contribution in [0, 0.1) is 0 Å². The zero-order valence-corrected chi connectivity index (χ0v) is 13.4. The SMILES string of the molecule is CC(C)N(CC(F)(F)F)c1ccc(CNC(C)(C)C)cc1. The smallest absolute Gasteiger partial charge is 0.360 e. The normalized spacial score (nSPS) is 12.8. The van der Waals surface area contributed by atoms with Gasteiger partial charge in [0.15, 0.2) is 0 Å². The first kappa shape index (κ1) is 17.8. The number of nitrogens with one attached hydrogen (secondary N) is 1. The molecule has 0 saturated carbocycles. The van der Waals surface area contributed by atoms with Crippen molar-refractivity contribution in [2.45, 2.75) is 58.9 Å². The molecule has 0 spiro atoms. The number of hydrogen-bond donors (Lipinski definition) is 1. The lowest BCUT2D eigenvalue weighted by molar-refractivity contribution is -0.120. The van der Waals surface area contributed by atoms with E-state index in [1.165, 1.54) is 4.90 Å². The average Bonchev–Trinajstić information content (AvgIpc) is 2.32. The molecule has 0 aromatic heterocycles. The van der Waals surface area contributed by atoms with Crippen molar-refractivity contribution in [2.24, 2.45) is 0 Å². The van der Waals surface area contributed by atoms with Gasteiger partial charge in [0.05, 0.1) is 0 Å². The van der Waals surface area contributed by atoms with Crippen LogP contribution in [-0.2, 0) is 6.54 Å². The summed E-state index contributed by atoms with van der Waals surface area (Å²) in [6.07, 6.45) is -4.20. The van der Waals surface area contributed by atoms with Gasteiger partial charge in [0.2, 0.25) is 0 Å². The zero-order valence-electron chi connectivity index (χ0n) is 13.4. The Kier molecular flexibility index (Phi) is 5.68. The highest BCUT2D eigenvalue weighted by Crippen LogP contribution is 2.24. The Balaban J connectivity index is 2.79. The van der Waals surface area contributed by atoms with Gasteiger partial charge in [-0.25, -0.2) is 0 Å². The number of halogens is 3. The van der Waals surface area contributed by atoms with Crippen molar-refractivity contribution in [3.05, 3.63) is 29.8 Å². The number of rotatable bonds is 5. The van der Waals surface area contributed by atoms with Gasteiger partial charge < -0.3 is 10.2 Å². The minimum Gasteiger partial charge on any atom is -0.360 e. The van der Waals surface area contributed by atoms with Gasteiger partial charge in [0.25, 0.3) is 0 Å². The first-order chi connectivity index (χ1) is 9.48. The minimum atomic E-state index is -4.20. The second kappa shape index (κ2) is 6.69. The van der Waals surface area contributed by atoms with E-state index >= 15 is 0 Å². The van der Waals surface area contributed by atoms with Crippen LogP contribution in [0.15, 0.2) is 24.3 Å². The molecule has 5 heteroatoms. The topological polar surface area (TPSA) is 15.3 Å². The summed E-state index contributed by atoms with van der Waals surface area (Å²) in [6, 6.07) is 7.06. The third-order valence-electron chi connectivity index (χ3n) is 3.06. The Morgan fingerprint density at radius 3 is 1.95 bits per heavy atom. The standard InChI is InChI=1S/C16H25F3N2/c1-12(2)21(11-16(17,18)19)14-8-6-13(7-9-14)10-20-15(3,4)5/h6-9,12,20H,10-11H2,1-5H3. The van der Waals surface area contributed by atoms with E-state index in [0.717, 1.165) is 5.56 Å². The predicted molar refractivity (Wildman–Crippen MR) is 81.6 cm³/mol. The van der Waals surface area contributed by atoms with Gasteiger partial charge in [-0.3, -0.25) is 0 Å². The van der Waals surface area contributed by atoms with Crippen LogP contribution in [0.2, 0.25) is 0 Å². The van der Waals surface area contributed by atoms with Crippen molar-refractivity contribution in [3.8, 4) is 0 Å². The Bertz CT molecular complexity index is 430. The lowest BCUT2D eigenvalue weighted by atomic mass is 10.1. The van der Waals surface area contributed by atoms with Gasteiger partial charge in [0.1, 0.15) is 6.54 Å². The quantitative estimate of drug-likeness (QED) is 0.870. The van der Waals surface area contributed by atoms with Crippen LogP contribution in [0.1, 0.15) is 40.2 Å². The Labute approximate surface area is 125 Å². The van der Waals surface area contributed by atoms with Crippen LogP contribution in [0.4, 0.5) is 18.9 Å². The first-order valence-corrected chi connectivity index (χ1v) is 7.15. The van der Waals surface area contributed by atoms with Crippen LogP contribution in [0.5, 0.6) is 0 Å². The van der Waals surface area contributed by atoms with E-state index in [1.54, 1.807) is 26.0 Å². The summed E-state index contributed by atoms with van der Waals surface area (Å²) >= 11 is 0. The molecule has 21 heavy (non-hydrogen) atoms. The van der Waals surface area contributed by atoms with Crippen molar-refractivity contribution in [2.75, 3.05) is 11.4 Å². The maximum Gasteiger partial charge on any atom is 0.405 e. The van der Waals surface area contributed by atoms with Gasteiger partial charge >= 0.3 is 6.18 Å². The van der Waals surface area contributed by atoms with E-state index < -0.39 is 12.7 Å². The van der Waals surface area contributed by atoms with Gasteiger partial charge in [-0.2, -0.15) is 13.2 Å². The molecule has 0 aliphatic heterocycles. The highest BCUT2D eigenvalue weighted by Gasteiger charge is 2.31. The Morgan fingerprint density at radius 1 is 1.05 bits per heavy atom. The molecule has 0 atom stereocenters. The number of nitrogens with zero attached hydrogens (tertiary/aromatic N) is 1. The molecule has 0 aliphatic carbocycles. The largest absolute Gasteiger partial charge is 0.405 e. The molecule has 1 aromatic rings. The van der Waals surface area contributed by atoms with Crippen LogP contribution < -0.4 is 10.2 Å². The van der Waals surface area contributed by atoms with Crippen LogP contribution in [-0.4, -0.2) is 24.3 Å². The van der Waals surface area contributed by atoms with E-state index in [1.807, 2.05) is 12.1 Å². The molecule has 0 radical (unpaired) electrons. The second-order valence-corrected chi connectivity index (χ2v) is 6.61. The van der Waals surface area contributed by atoms with E-state index in [-0.39, 0.29) is 11.6 Å². The summed E-state index contributed by atoms with van der Waals surface area (Å²) in [5, 5.41) is 3.35. The van der Waals surface area contributed by atoms with Gasteiger partial charge in [0, 0.05) is 23.8 Å². The number of anilines is 1. The summed E-state index contributed by atoms with van der Waals surface area (Å²) < 4.78 is 37.9. The zero-order chi connectivity index (χ0) is 16.3. The van der Waals surface area contributed by atoms with Crippen molar-refractivity contribution < 1.29 is 13.2 Å². The van der Waals surface area contributed by atoms with Gasteiger partial charge in [-0.1, -0.05) is 12.1 Å². The van der Waals surface area contributed by atoms with E-state index in [9.17, 15) is 13.2 Å². The molecular formula is C16H25F3N2.